The topological polar surface area (TPSA) is 95.9 Å². The summed E-state index contributed by atoms with van der Waals surface area (Å²) in [7, 11) is 1.42. The van der Waals surface area contributed by atoms with Crippen molar-refractivity contribution >= 4 is 17.8 Å². The van der Waals surface area contributed by atoms with Crippen molar-refractivity contribution in [1.29, 1.82) is 0 Å². The van der Waals surface area contributed by atoms with Crippen LogP contribution in [0.5, 0.6) is 11.5 Å². The SMILES string of the molecule is CC(C)C1(C(=O)O)NC(c2ccc(Oc3ccccc3)cc2)C2C(=O)N(C)C(=O)C21. The van der Waals surface area contributed by atoms with Gasteiger partial charge in [-0.1, -0.05) is 44.2 Å². The Balaban J connectivity index is 1.69. The number of carbonyl (C=O) groups is 3. The molecule has 2 aliphatic rings. The molecule has 2 heterocycles. The standard InChI is InChI=1S/C23H24N2O5/c1-13(2)23(22(28)29)18-17(20(26)25(3)21(18)27)19(24-23)14-9-11-16(12-10-14)30-15-7-5-4-6-8-15/h4-13,17-19,24H,1-3H3,(H,28,29). The summed E-state index contributed by atoms with van der Waals surface area (Å²) in [4.78, 5) is 39.1. The quantitative estimate of drug-likeness (QED) is 0.739. The highest BCUT2D eigenvalue weighted by molar-refractivity contribution is 6.09. The molecule has 2 aliphatic heterocycles. The molecule has 2 fully saturated rings. The van der Waals surface area contributed by atoms with E-state index in [1.165, 1.54) is 7.05 Å². The van der Waals surface area contributed by atoms with Crippen LogP contribution < -0.4 is 10.1 Å². The maximum Gasteiger partial charge on any atom is 0.325 e. The minimum absolute atomic E-state index is 0.351. The molecule has 156 valence electrons. The van der Waals surface area contributed by atoms with Gasteiger partial charge in [-0.2, -0.15) is 0 Å². The second-order valence-electron chi connectivity index (χ2n) is 8.17. The predicted octanol–water partition coefficient (Wildman–Crippen LogP) is 2.83. The Bertz CT molecular complexity index is 988. The highest BCUT2D eigenvalue weighted by atomic mass is 16.5. The lowest BCUT2D eigenvalue weighted by atomic mass is 9.73. The third-order valence-electron chi connectivity index (χ3n) is 6.30. The molecule has 0 aliphatic carbocycles. The summed E-state index contributed by atoms with van der Waals surface area (Å²) >= 11 is 0. The van der Waals surface area contributed by atoms with Gasteiger partial charge in [0.1, 0.15) is 17.0 Å². The van der Waals surface area contributed by atoms with E-state index >= 15 is 0 Å². The van der Waals surface area contributed by atoms with Crippen LogP contribution in [0.15, 0.2) is 54.6 Å². The normalized spacial score (nSPS) is 28.1. The first-order valence-electron chi connectivity index (χ1n) is 9.92. The van der Waals surface area contributed by atoms with Crippen LogP contribution in [-0.4, -0.2) is 40.4 Å². The molecule has 0 saturated carbocycles. The molecule has 4 unspecified atom stereocenters. The molecule has 2 N–H and O–H groups in total. The molecule has 0 spiro atoms. The summed E-state index contributed by atoms with van der Waals surface area (Å²) in [6.07, 6.45) is 0. The Morgan fingerprint density at radius 2 is 1.63 bits per heavy atom. The van der Waals surface area contributed by atoms with Crippen molar-refractivity contribution in [2.45, 2.75) is 25.4 Å². The number of nitrogens with one attached hydrogen (secondary N) is 1. The van der Waals surface area contributed by atoms with E-state index in [0.717, 1.165) is 10.5 Å². The number of nitrogens with zero attached hydrogens (tertiary/aromatic N) is 1. The fraction of sp³-hybridized carbons (Fsp3) is 0.348. The van der Waals surface area contributed by atoms with Crippen molar-refractivity contribution in [3.05, 3.63) is 60.2 Å². The summed E-state index contributed by atoms with van der Waals surface area (Å²) in [5.74, 6) is -2.69. The van der Waals surface area contributed by atoms with Crippen molar-refractivity contribution in [2.75, 3.05) is 7.05 Å². The second-order valence-corrected chi connectivity index (χ2v) is 8.17. The number of amides is 2. The van der Waals surface area contributed by atoms with E-state index in [9.17, 15) is 19.5 Å². The van der Waals surface area contributed by atoms with Gasteiger partial charge in [0, 0.05) is 13.1 Å². The molecule has 2 amide bonds. The van der Waals surface area contributed by atoms with E-state index in [0.29, 0.717) is 11.5 Å². The third kappa shape index (κ3) is 2.89. The van der Waals surface area contributed by atoms with E-state index in [4.69, 9.17) is 4.74 Å². The maximum atomic E-state index is 12.9. The van der Waals surface area contributed by atoms with E-state index in [1.54, 1.807) is 38.1 Å². The zero-order valence-electron chi connectivity index (χ0n) is 17.0. The van der Waals surface area contributed by atoms with Crippen LogP contribution in [0.2, 0.25) is 0 Å². The number of ether oxygens (including phenoxy) is 1. The minimum atomic E-state index is -1.51. The number of carbonyl (C=O) groups excluding carboxylic acids is 2. The lowest BCUT2D eigenvalue weighted by Crippen LogP contribution is -2.59. The molecule has 2 aromatic rings. The van der Waals surface area contributed by atoms with Crippen molar-refractivity contribution in [1.82, 2.24) is 10.2 Å². The van der Waals surface area contributed by atoms with Gasteiger partial charge in [0.2, 0.25) is 11.8 Å². The first kappa shape index (κ1) is 20.1. The molecular weight excluding hydrogens is 384 g/mol. The fourth-order valence-corrected chi connectivity index (χ4v) is 4.71. The van der Waals surface area contributed by atoms with Crippen LogP contribution >= 0.6 is 0 Å². The first-order chi connectivity index (χ1) is 14.3. The van der Waals surface area contributed by atoms with Crippen LogP contribution in [0.3, 0.4) is 0 Å². The van der Waals surface area contributed by atoms with Crippen LogP contribution in [-0.2, 0) is 14.4 Å². The minimum Gasteiger partial charge on any atom is -0.480 e. The van der Waals surface area contributed by atoms with Gasteiger partial charge in [0.15, 0.2) is 0 Å². The lowest BCUT2D eigenvalue weighted by Gasteiger charge is -2.34. The van der Waals surface area contributed by atoms with Crippen molar-refractivity contribution in [3.8, 4) is 11.5 Å². The monoisotopic (exact) mass is 408 g/mol. The predicted molar refractivity (Wildman–Crippen MR) is 109 cm³/mol. The number of fused-ring (bicyclic) bond motifs is 1. The van der Waals surface area contributed by atoms with Crippen molar-refractivity contribution in [3.63, 3.8) is 0 Å². The van der Waals surface area contributed by atoms with E-state index in [2.05, 4.69) is 5.32 Å². The summed E-state index contributed by atoms with van der Waals surface area (Å²) in [5.41, 5.74) is -0.767. The molecule has 7 heteroatoms. The fourth-order valence-electron chi connectivity index (χ4n) is 4.71. The summed E-state index contributed by atoms with van der Waals surface area (Å²) in [6.45, 7) is 3.51. The maximum absolute atomic E-state index is 12.9. The summed E-state index contributed by atoms with van der Waals surface area (Å²) in [5, 5.41) is 13.2. The Labute approximate surface area is 174 Å². The van der Waals surface area contributed by atoms with Crippen LogP contribution in [0.25, 0.3) is 0 Å². The van der Waals surface area contributed by atoms with Crippen LogP contribution in [0.1, 0.15) is 25.5 Å². The van der Waals surface area contributed by atoms with Gasteiger partial charge >= 0.3 is 5.97 Å². The highest BCUT2D eigenvalue weighted by Gasteiger charge is 2.68. The number of carboxylic acids is 1. The van der Waals surface area contributed by atoms with Gasteiger partial charge in [-0.05, 0) is 35.7 Å². The zero-order chi connectivity index (χ0) is 21.6. The number of para-hydroxylation sites is 1. The van der Waals surface area contributed by atoms with Gasteiger partial charge in [0.25, 0.3) is 0 Å². The molecule has 30 heavy (non-hydrogen) atoms. The first-order valence-corrected chi connectivity index (χ1v) is 9.92. The molecule has 4 rings (SSSR count). The molecule has 0 bridgehead atoms. The lowest BCUT2D eigenvalue weighted by molar-refractivity contribution is -0.153. The molecule has 0 radical (unpaired) electrons. The zero-order valence-corrected chi connectivity index (χ0v) is 17.0. The molecule has 7 nitrogen and oxygen atoms in total. The summed E-state index contributed by atoms with van der Waals surface area (Å²) < 4.78 is 5.81. The number of aliphatic carboxylic acids is 1. The molecule has 0 aromatic heterocycles. The Hall–Kier alpha value is -3.19. The number of hydrogen-bond acceptors (Lipinski definition) is 5. The van der Waals surface area contributed by atoms with Crippen molar-refractivity contribution < 1.29 is 24.2 Å². The smallest absolute Gasteiger partial charge is 0.325 e. The number of likely N-dealkylation sites (tertiary alicyclic amines) is 1. The molecule has 2 saturated heterocycles. The number of carboxylic acid groups (broad SMARTS) is 1. The number of rotatable bonds is 5. The number of benzene rings is 2. The van der Waals surface area contributed by atoms with E-state index in [1.807, 2.05) is 30.3 Å². The molecular formula is C23H24N2O5. The van der Waals surface area contributed by atoms with Gasteiger partial charge in [-0.3, -0.25) is 24.6 Å². The van der Waals surface area contributed by atoms with Crippen LogP contribution in [0, 0.1) is 17.8 Å². The van der Waals surface area contributed by atoms with Gasteiger partial charge in [0.05, 0.1) is 11.8 Å². The third-order valence-corrected chi connectivity index (χ3v) is 6.30. The van der Waals surface area contributed by atoms with Gasteiger partial charge in [-0.25, -0.2) is 0 Å². The Kier molecular flexibility index (Phi) is 4.86. The number of hydrogen-bond donors (Lipinski definition) is 2. The Morgan fingerprint density at radius 3 is 2.20 bits per heavy atom. The van der Waals surface area contributed by atoms with E-state index in [-0.39, 0.29) is 5.91 Å². The van der Waals surface area contributed by atoms with Gasteiger partial charge in [-0.15, -0.1) is 0 Å². The average molecular weight is 408 g/mol. The summed E-state index contributed by atoms with van der Waals surface area (Å²) in [6, 6.07) is 15.9. The largest absolute Gasteiger partial charge is 0.480 e. The Morgan fingerprint density at radius 1 is 1.03 bits per heavy atom. The van der Waals surface area contributed by atoms with E-state index < -0.39 is 41.2 Å². The second kappa shape index (κ2) is 7.25. The number of imide groups is 1. The molecule has 2 aromatic carbocycles. The highest BCUT2D eigenvalue weighted by Crippen LogP contribution is 2.51. The van der Waals surface area contributed by atoms with Gasteiger partial charge < -0.3 is 9.84 Å². The van der Waals surface area contributed by atoms with Crippen LogP contribution in [0.4, 0.5) is 0 Å². The van der Waals surface area contributed by atoms with Crippen molar-refractivity contribution in [2.24, 2.45) is 17.8 Å². The molecule has 4 atom stereocenters. The average Bonchev–Trinajstić information content (AvgIpc) is 3.20.